The van der Waals surface area contributed by atoms with Crippen LogP contribution in [0.3, 0.4) is 0 Å². The number of hydrogen-bond donors (Lipinski definition) is 0. The fourth-order valence-electron chi connectivity index (χ4n) is 2.37. The van der Waals surface area contributed by atoms with Gasteiger partial charge in [0.1, 0.15) is 6.61 Å². The quantitative estimate of drug-likeness (QED) is 0.143. The lowest BCUT2D eigenvalue weighted by Crippen LogP contribution is -2.25. The Balaban J connectivity index is 3.45. The number of carbonyl (C=O) groups excluding carboxylic acids is 1. The molecule has 0 aromatic rings. The maximum absolute atomic E-state index is 11.2. The molecule has 0 unspecified atom stereocenters. The zero-order valence-corrected chi connectivity index (χ0v) is 15.1. The van der Waals surface area contributed by atoms with Crippen molar-refractivity contribution < 1.29 is 9.53 Å². The van der Waals surface area contributed by atoms with Gasteiger partial charge in [0.2, 0.25) is 0 Å². The molecule has 23 heavy (non-hydrogen) atoms. The summed E-state index contributed by atoms with van der Waals surface area (Å²) in [6.45, 7) is 8.85. The molecular formula is C19H34N2O2. The summed E-state index contributed by atoms with van der Waals surface area (Å²) < 4.78 is 5.00. The molecule has 0 aromatic heterocycles. The first kappa shape index (κ1) is 21.5. The Hall–Kier alpha value is -1.50. The molecule has 4 heteroatoms. The van der Waals surface area contributed by atoms with Crippen molar-refractivity contribution in [1.29, 1.82) is 5.26 Å². The molecule has 0 aliphatic carbocycles. The van der Waals surface area contributed by atoms with Crippen molar-refractivity contribution in [3.63, 3.8) is 0 Å². The fourth-order valence-corrected chi connectivity index (χ4v) is 2.37. The maximum atomic E-state index is 11.2. The highest BCUT2D eigenvalue weighted by atomic mass is 16.5. The summed E-state index contributed by atoms with van der Waals surface area (Å²) >= 11 is 0. The van der Waals surface area contributed by atoms with Crippen molar-refractivity contribution in [2.75, 3.05) is 19.7 Å². The van der Waals surface area contributed by atoms with Crippen LogP contribution in [0.2, 0.25) is 0 Å². The molecule has 0 aliphatic heterocycles. The second kappa shape index (κ2) is 15.4. The molecule has 0 radical (unpaired) electrons. The minimum Gasteiger partial charge on any atom is -0.460 e. The summed E-state index contributed by atoms with van der Waals surface area (Å²) in [4.78, 5) is 12.9. The number of nitriles is 1. The molecule has 0 saturated heterocycles. The molecule has 0 saturated carbocycles. The van der Waals surface area contributed by atoms with E-state index < -0.39 is 0 Å². The van der Waals surface area contributed by atoms with Crippen LogP contribution in [0, 0.1) is 11.5 Å². The first-order valence-corrected chi connectivity index (χ1v) is 9.09. The molecule has 0 N–H and O–H groups in total. The van der Waals surface area contributed by atoms with Gasteiger partial charge in [-0.1, -0.05) is 71.3 Å². The lowest BCUT2D eigenvalue weighted by Gasteiger charge is -2.15. The van der Waals surface area contributed by atoms with Gasteiger partial charge in [-0.2, -0.15) is 5.26 Å². The Morgan fingerprint density at radius 1 is 1.00 bits per heavy atom. The van der Waals surface area contributed by atoms with Crippen LogP contribution in [0.5, 0.6) is 0 Å². The molecule has 132 valence electrons. The smallest absolute Gasteiger partial charge is 0.333 e. The third-order valence-electron chi connectivity index (χ3n) is 3.87. The van der Waals surface area contributed by atoms with Crippen LogP contribution in [0.15, 0.2) is 12.2 Å². The number of carbonyl (C=O) groups is 1. The average Bonchev–Trinajstić information content (AvgIpc) is 2.54. The van der Waals surface area contributed by atoms with Crippen LogP contribution in [-0.2, 0) is 9.53 Å². The van der Waals surface area contributed by atoms with E-state index in [-0.39, 0.29) is 12.6 Å². The highest BCUT2D eigenvalue weighted by molar-refractivity contribution is 5.86. The van der Waals surface area contributed by atoms with Crippen molar-refractivity contribution in [2.45, 2.75) is 78.1 Å². The maximum Gasteiger partial charge on any atom is 0.333 e. The van der Waals surface area contributed by atoms with Crippen molar-refractivity contribution in [1.82, 2.24) is 4.90 Å². The summed E-state index contributed by atoms with van der Waals surface area (Å²) in [6.07, 6.45) is 15.0. The highest BCUT2D eigenvalue weighted by Gasteiger charge is 2.05. The van der Waals surface area contributed by atoms with E-state index in [2.05, 4.69) is 19.7 Å². The molecule has 0 heterocycles. The molecule has 0 fully saturated rings. The summed E-state index contributed by atoms with van der Waals surface area (Å²) in [5.74, 6) is -0.387. The standard InChI is InChI=1S/C19H34N2O2/c1-4-5-6-7-8-9-10-11-12-13-14-21(17-20)15-16-23-19(22)18(2)3/h2,4-16H2,1,3H3. The minimum atomic E-state index is -0.387. The van der Waals surface area contributed by atoms with Gasteiger partial charge in [-0.3, -0.25) is 0 Å². The predicted molar refractivity (Wildman–Crippen MR) is 94.8 cm³/mol. The van der Waals surface area contributed by atoms with E-state index in [4.69, 9.17) is 10.00 Å². The van der Waals surface area contributed by atoms with E-state index in [1.54, 1.807) is 11.8 Å². The van der Waals surface area contributed by atoms with Gasteiger partial charge in [-0.25, -0.2) is 4.79 Å². The molecule has 0 atom stereocenters. The average molecular weight is 322 g/mol. The number of unbranched alkanes of at least 4 members (excludes halogenated alkanes) is 9. The zero-order valence-electron chi connectivity index (χ0n) is 15.1. The summed E-state index contributed by atoms with van der Waals surface area (Å²) in [7, 11) is 0. The van der Waals surface area contributed by atoms with Crippen molar-refractivity contribution >= 4 is 5.97 Å². The van der Waals surface area contributed by atoms with E-state index in [0.717, 1.165) is 13.0 Å². The third-order valence-corrected chi connectivity index (χ3v) is 3.87. The zero-order chi connectivity index (χ0) is 17.3. The molecule has 4 nitrogen and oxygen atoms in total. The molecule has 0 amide bonds. The van der Waals surface area contributed by atoms with Crippen molar-refractivity contribution in [3.05, 3.63) is 12.2 Å². The van der Waals surface area contributed by atoms with Crippen LogP contribution in [0.1, 0.15) is 78.1 Å². The SMILES string of the molecule is C=C(C)C(=O)OCCN(C#N)CCCCCCCCCCCC. The van der Waals surface area contributed by atoms with Crippen LogP contribution in [-0.4, -0.2) is 30.6 Å². The normalized spacial score (nSPS) is 10.1. The van der Waals surface area contributed by atoms with Crippen molar-refractivity contribution in [2.24, 2.45) is 0 Å². The molecule has 0 rings (SSSR count). The van der Waals surface area contributed by atoms with Gasteiger partial charge in [-0.15, -0.1) is 0 Å². The molecular weight excluding hydrogens is 288 g/mol. The first-order valence-electron chi connectivity index (χ1n) is 9.09. The Morgan fingerprint density at radius 3 is 2.00 bits per heavy atom. The number of hydrogen-bond acceptors (Lipinski definition) is 4. The van der Waals surface area contributed by atoms with E-state index >= 15 is 0 Å². The largest absolute Gasteiger partial charge is 0.460 e. The van der Waals surface area contributed by atoms with Gasteiger partial charge < -0.3 is 9.64 Å². The molecule has 0 aromatic carbocycles. The summed E-state index contributed by atoms with van der Waals surface area (Å²) in [5.41, 5.74) is 0.392. The van der Waals surface area contributed by atoms with E-state index in [1.807, 2.05) is 0 Å². The Bertz CT molecular complexity index is 361. The number of ether oxygens (including phenoxy) is 1. The first-order chi connectivity index (χ1) is 11.1. The molecule has 0 aliphatic rings. The van der Waals surface area contributed by atoms with E-state index in [0.29, 0.717) is 12.1 Å². The second-order valence-corrected chi connectivity index (χ2v) is 6.19. The third kappa shape index (κ3) is 13.9. The lowest BCUT2D eigenvalue weighted by molar-refractivity contribution is -0.139. The van der Waals surface area contributed by atoms with Crippen LogP contribution < -0.4 is 0 Å². The summed E-state index contributed by atoms with van der Waals surface area (Å²) in [6, 6.07) is 0. The Morgan fingerprint density at radius 2 is 1.52 bits per heavy atom. The predicted octanol–water partition coefficient (Wildman–Crippen LogP) is 4.81. The number of rotatable bonds is 15. The van der Waals surface area contributed by atoms with Crippen molar-refractivity contribution in [3.8, 4) is 6.19 Å². The number of nitrogens with zero attached hydrogens (tertiary/aromatic N) is 2. The molecule has 0 spiro atoms. The Kier molecular flexibility index (Phi) is 14.4. The minimum absolute atomic E-state index is 0.247. The Labute approximate surface area is 142 Å². The highest BCUT2D eigenvalue weighted by Crippen LogP contribution is 2.10. The van der Waals surface area contributed by atoms with Gasteiger partial charge in [0.05, 0.1) is 6.54 Å². The monoisotopic (exact) mass is 322 g/mol. The lowest BCUT2D eigenvalue weighted by atomic mass is 10.1. The van der Waals surface area contributed by atoms with Gasteiger partial charge in [0.15, 0.2) is 6.19 Å². The second-order valence-electron chi connectivity index (χ2n) is 6.19. The topological polar surface area (TPSA) is 53.3 Å². The van der Waals surface area contributed by atoms with Crippen LogP contribution in [0.4, 0.5) is 0 Å². The van der Waals surface area contributed by atoms with Gasteiger partial charge in [0.25, 0.3) is 0 Å². The van der Waals surface area contributed by atoms with E-state index in [1.165, 1.54) is 57.8 Å². The summed E-state index contributed by atoms with van der Waals surface area (Å²) in [5, 5.41) is 9.06. The number of esters is 1. The fraction of sp³-hybridized carbons (Fsp3) is 0.789. The van der Waals surface area contributed by atoms with Crippen LogP contribution in [0.25, 0.3) is 0 Å². The molecule has 0 bridgehead atoms. The van der Waals surface area contributed by atoms with E-state index in [9.17, 15) is 4.79 Å². The van der Waals surface area contributed by atoms with Gasteiger partial charge in [-0.05, 0) is 13.3 Å². The van der Waals surface area contributed by atoms with Gasteiger partial charge >= 0.3 is 5.97 Å². The van der Waals surface area contributed by atoms with Crippen LogP contribution >= 0.6 is 0 Å². The van der Waals surface area contributed by atoms with Gasteiger partial charge in [0, 0.05) is 12.1 Å².